The van der Waals surface area contributed by atoms with Crippen LogP contribution >= 0.6 is 0 Å². The van der Waals surface area contributed by atoms with E-state index in [1.165, 1.54) is 22.3 Å². The van der Waals surface area contributed by atoms with E-state index in [0.717, 1.165) is 6.42 Å². The van der Waals surface area contributed by atoms with Gasteiger partial charge in [-0.25, -0.2) is 0 Å². The number of rotatable bonds is 5. The van der Waals surface area contributed by atoms with Gasteiger partial charge in [-0.1, -0.05) is 61.0 Å². The number of nitrogens with one attached hydrogen (secondary N) is 1. The second-order valence-electron chi connectivity index (χ2n) is 5.79. The molecule has 2 aromatic carbocycles. The fourth-order valence-corrected chi connectivity index (χ4v) is 2.92. The molecule has 1 nitrogen and oxygen atoms in total. The van der Waals surface area contributed by atoms with E-state index in [9.17, 15) is 0 Å². The SMILES string of the molecule is CNC(c1ccccc1)C(C)Cc1cc(C)ccc1C. The van der Waals surface area contributed by atoms with Gasteiger partial charge in [0.15, 0.2) is 0 Å². The Morgan fingerprint density at radius 1 is 1.00 bits per heavy atom. The lowest BCUT2D eigenvalue weighted by molar-refractivity contribution is 0.408. The van der Waals surface area contributed by atoms with E-state index in [2.05, 4.69) is 81.7 Å². The van der Waals surface area contributed by atoms with Crippen LogP contribution < -0.4 is 5.32 Å². The molecule has 106 valence electrons. The molecule has 2 atom stereocenters. The summed E-state index contributed by atoms with van der Waals surface area (Å²) in [5.74, 6) is 0.558. The minimum absolute atomic E-state index is 0.399. The molecule has 0 bridgehead atoms. The van der Waals surface area contributed by atoms with Gasteiger partial charge in [0.25, 0.3) is 0 Å². The molecule has 0 aliphatic heterocycles. The van der Waals surface area contributed by atoms with Crippen LogP contribution in [0, 0.1) is 19.8 Å². The summed E-state index contributed by atoms with van der Waals surface area (Å²) >= 11 is 0. The third-order valence-corrected chi connectivity index (χ3v) is 4.09. The molecule has 0 spiro atoms. The minimum Gasteiger partial charge on any atom is -0.313 e. The molecule has 0 aliphatic carbocycles. The lowest BCUT2D eigenvalue weighted by atomic mass is 9.87. The first kappa shape index (κ1) is 14.8. The predicted octanol–water partition coefficient (Wildman–Crippen LogP) is 4.44. The Morgan fingerprint density at radius 2 is 1.70 bits per heavy atom. The summed E-state index contributed by atoms with van der Waals surface area (Å²) in [6, 6.07) is 17.9. The third-order valence-electron chi connectivity index (χ3n) is 4.09. The van der Waals surface area contributed by atoms with Crippen molar-refractivity contribution >= 4 is 0 Å². The van der Waals surface area contributed by atoms with Crippen molar-refractivity contribution in [3.63, 3.8) is 0 Å². The van der Waals surface area contributed by atoms with E-state index in [-0.39, 0.29) is 0 Å². The van der Waals surface area contributed by atoms with Crippen LogP contribution in [0.2, 0.25) is 0 Å². The van der Waals surface area contributed by atoms with Crippen LogP contribution in [-0.2, 0) is 6.42 Å². The molecule has 20 heavy (non-hydrogen) atoms. The van der Waals surface area contributed by atoms with E-state index in [1.807, 2.05) is 0 Å². The van der Waals surface area contributed by atoms with E-state index in [1.54, 1.807) is 0 Å². The molecule has 0 amide bonds. The molecule has 0 fully saturated rings. The topological polar surface area (TPSA) is 12.0 Å². The zero-order valence-electron chi connectivity index (χ0n) is 13.0. The van der Waals surface area contributed by atoms with Crippen LogP contribution in [0.5, 0.6) is 0 Å². The minimum atomic E-state index is 0.399. The van der Waals surface area contributed by atoms with Crippen molar-refractivity contribution in [2.24, 2.45) is 5.92 Å². The van der Waals surface area contributed by atoms with Crippen molar-refractivity contribution < 1.29 is 0 Å². The van der Waals surface area contributed by atoms with Gasteiger partial charge in [-0.2, -0.15) is 0 Å². The Balaban J connectivity index is 2.17. The van der Waals surface area contributed by atoms with Gasteiger partial charge in [0.1, 0.15) is 0 Å². The fraction of sp³-hybridized carbons (Fsp3) is 0.368. The molecule has 2 rings (SSSR count). The maximum Gasteiger partial charge on any atom is 0.0346 e. The Hall–Kier alpha value is -1.60. The van der Waals surface area contributed by atoms with Gasteiger partial charge in [-0.15, -0.1) is 0 Å². The Labute approximate surface area is 123 Å². The van der Waals surface area contributed by atoms with Crippen LogP contribution in [0.3, 0.4) is 0 Å². The highest BCUT2D eigenvalue weighted by Gasteiger charge is 2.18. The first-order chi connectivity index (χ1) is 9.61. The highest BCUT2D eigenvalue weighted by atomic mass is 14.9. The van der Waals surface area contributed by atoms with E-state index >= 15 is 0 Å². The van der Waals surface area contributed by atoms with Gasteiger partial charge in [0, 0.05) is 6.04 Å². The van der Waals surface area contributed by atoms with Gasteiger partial charge < -0.3 is 5.32 Å². The quantitative estimate of drug-likeness (QED) is 0.844. The maximum atomic E-state index is 3.47. The summed E-state index contributed by atoms with van der Waals surface area (Å²) in [6.45, 7) is 6.70. The van der Waals surface area contributed by atoms with E-state index in [0.29, 0.717) is 12.0 Å². The summed E-state index contributed by atoms with van der Waals surface area (Å²) in [5, 5.41) is 3.47. The second-order valence-corrected chi connectivity index (χ2v) is 5.79. The standard InChI is InChI=1S/C19H25N/c1-14-10-11-15(2)18(12-14)13-16(3)19(20-4)17-8-6-5-7-9-17/h5-12,16,19-20H,13H2,1-4H3. The van der Waals surface area contributed by atoms with Gasteiger partial charge in [0.2, 0.25) is 0 Å². The zero-order valence-corrected chi connectivity index (χ0v) is 13.0. The second kappa shape index (κ2) is 6.71. The van der Waals surface area contributed by atoms with Gasteiger partial charge in [-0.05, 0) is 49.9 Å². The third kappa shape index (κ3) is 3.49. The van der Waals surface area contributed by atoms with Crippen molar-refractivity contribution in [2.45, 2.75) is 33.2 Å². The average Bonchev–Trinajstić information content (AvgIpc) is 2.45. The monoisotopic (exact) mass is 267 g/mol. The number of hydrogen-bond donors (Lipinski definition) is 1. The van der Waals surface area contributed by atoms with Crippen LogP contribution in [-0.4, -0.2) is 7.05 Å². The first-order valence-electron chi connectivity index (χ1n) is 7.40. The summed E-state index contributed by atoms with van der Waals surface area (Å²) in [4.78, 5) is 0. The number of benzene rings is 2. The maximum absolute atomic E-state index is 3.47. The fourth-order valence-electron chi connectivity index (χ4n) is 2.92. The molecule has 2 aromatic rings. The van der Waals surface area contributed by atoms with Gasteiger partial charge >= 0.3 is 0 Å². The van der Waals surface area contributed by atoms with Crippen LogP contribution in [0.15, 0.2) is 48.5 Å². The molecular weight excluding hydrogens is 242 g/mol. The first-order valence-corrected chi connectivity index (χ1v) is 7.40. The van der Waals surface area contributed by atoms with Crippen LogP contribution in [0.1, 0.15) is 35.2 Å². The molecule has 0 aliphatic rings. The van der Waals surface area contributed by atoms with Crippen molar-refractivity contribution in [2.75, 3.05) is 7.05 Å². The molecule has 0 saturated carbocycles. The van der Waals surface area contributed by atoms with Gasteiger partial charge in [-0.3, -0.25) is 0 Å². The van der Waals surface area contributed by atoms with E-state index < -0.39 is 0 Å². The van der Waals surface area contributed by atoms with Crippen molar-refractivity contribution in [3.8, 4) is 0 Å². The Bertz CT molecular complexity index is 545. The highest BCUT2D eigenvalue weighted by molar-refractivity contribution is 5.31. The number of hydrogen-bond acceptors (Lipinski definition) is 1. The largest absolute Gasteiger partial charge is 0.313 e. The molecule has 0 radical (unpaired) electrons. The van der Waals surface area contributed by atoms with Crippen LogP contribution in [0.25, 0.3) is 0 Å². The lowest BCUT2D eigenvalue weighted by Gasteiger charge is -2.25. The smallest absolute Gasteiger partial charge is 0.0346 e. The van der Waals surface area contributed by atoms with E-state index in [4.69, 9.17) is 0 Å². The molecule has 0 aromatic heterocycles. The summed E-state index contributed by atoms with van der Waals surface area (Å²) in [5.41, 5.74) is 5.57. The Morgan fingerprint density at radius 3 is 2.35 bits per heavy atom. The molecule has 0 heterocycles. The predicted molar refractivity (Wildman–Crippen MR) is 87.0 cm³/mol. The average molecular weight is 267 g/mol. The molecule has 0 saturated heterocycles. The van der Waals surface area contributed by atoms with Gasteiger partial charge in [0.05, 0.1) is 0 Å². The van der Waals surface area contributed by atoms with Crippen molar-refractivity contribution in [1.29, 1.82) is 0 Å². The highest BCUT2D eigenvalue weighted by Crippen LogP contribution is 2.26. The molecule has 1 heteroatoms. The summed E-state index contributed by atoms with van der Waals surface area (Å²) in [6.07, 6.45) is 1.11. The zero-order chi connectivity index (χ0) is 14.5. The van der Waals surface area contributed by atoms with Crippen molar-refractivity contribution in [3.05, 3.63) is 70.8 Å². The normalized spacial score (nSPS) is 14.0. The molecular formula is C19H25N. The summed E-state index contributed by atoms with van der Waals surface area (Å²) < 4.78 is 0. The summed E-state index contributed by atoms with van der Waals surface area (Å²) in [7, 11) is 2.05. The lowest BCUT2D eigenvalue weighted by Crippen LogP contribution is -2.25. The number of aryl methyl sites for hydroxylation is 2. The Kier molecular flexibility index (Phi) is 4.97. The van der Waals surface area contributed by atoms with Crippen LogP contribution in [0.4, 0.5) is 0 Å². The molecule has 2 unspecified atom stereocenters. The molecule has 1 N–H and O–H groups in total. The van der Waals surface area contributed by atoms with Crippen molar-refractivity contribution in [1.82, 2.24) is 5.32 Å².